The van der Waals surface area contributed by atoms with Crippen molar-refractivity contribution in [3.63, 3.8) is 0 Å². The van der Waals surface area contributed by atoms with Crippen molar-refractivity contribution in [3.05, 3.63) is 97.1 Å². The van der Waals surface area contributed by atoms with Gasteiger partial charge in [-0.05, 0) is 60.7 Å². The van der Waals surface area contributed by atoms with E-state index in [1.165, 1.54) is 0 Å². The lowest BCUT2D eigenvalue weighted by atomic mass is 10.1. The van der Waals surface area contributed by atoms with Crippen LogP contribution in [0.5, 0.6) is 0 Å². The van der Waals surface area contributed by atoms with E-state index in [2.05, 4.69) is 25.8 Å². The summed E-state index contributed by atoms with van der Waals surface area (Å²) in [4.78, 5) is 18.6. The molecule has 0 saturated carbocycles. The van der Waals surface area contributed by atoms with Gasteiger partial charge >= 0.3 is 0 Å². The van der Waals surface area contributed by atoms with Crippen LogP contribution in [0.25, 0.3) is 0 Å². The number of hydrogen-bond acceptors (Lipinski definition) is 6. The van der Waals surface area contributed by atoms with Crippen LogP contribution in [0.1, 0.15) is 10.4 Å². The van der Waals surface area contributed by atoms with Crippen molar-refractivity contribution in [2.45, 2.75) is 0 Å². The Morgan fingerprint density at radius 1 is 0.800 bits per heavy atom. The third-order valence-corrected chi connectivity index (χ3v) is 4.56. The molecule has 0 aliphatic carbocycles. The van der Waals surface area contributed by atoms with Gasteiger partial charge in [0.15, 0.2) is 0 Å². The molecule has 0 unspecified atom stereocenters. The molecule has 0 aliphatic rings. The molecular weight excluding hydrogens is 376 g/mol. The van der Waals surface area contributed by atoms with Crippen LogP contribution < -0.4 is 15.5 Å². The number of carbonyl (C=O) groups is 1. The average molecular weight is 396 g/mol. The fourth-order valence-electron chi connectivity index (χ4n) is 2.93. The van der Waals surface area contributed by atoms with Gasteiger partial charge in [0.25, 0.3) is 5.91 Å². The molecule has 0 spiro atoms. The summed E-state index contributed by atoms with van der Waals surface area (Å²) in [6.07, 6.45) is 6.78. The zero-order chi connectivity index (χ0) is 20.8. The van der Waals surface area contributed by atoms with Gasteiger partial charge in [0.05, 0.1) is 18.1 Å². The van der Waals surface area contributed by atoms with Crippen LogP contribution in [0.2, 0.25) is 0 Å². The highest BCUT2D eigenvalue weighted by Gasteiger charge is 2.09. The monoisotopic (exact) mass is 396 g/mol. The van der Waals surface area contributed by atoms with Gasteiger partial charge in [-0.15, -0.1) is 0 Å². The molecule has 0 atom stereocenters. The van der Waals surface area contributed by atoms with E-state index in [1.807, 2.05) is 66.5 Å². The average Bonchev–Trinajstić information content (AvgIpc) is 2.80. The number of amides is 1. The Hall–Kier alpha value is -4.26. The van der Waals surface area contributed by atoms with Gasteiger partial charge in [-0.25, -0.2) is 0 Å². The lowest BCUT2D eigenvalue weighted by Gasteiger charge is -2.19. The number of hydrogen-bond donors (Lipinski definition) is 2. The SMILES string of the molecule is CN(c1ccnnc1)c1cccc(NC(=O)c2ccc(Nc3ccncc3)cc2)c1. The van der Waals surface area contributed by atoms with Crippen LogP contribution in [0, 0.1) is 0 Å². The van der Waals surface area contributed by atoms with Crippen LogP contribution in [0.4, 0.5) is 28.4 Å². The van der Waals surface area contributed by atoms with E-state index >= 15 is 0 Å². The number of benzene rings is 2. The standard InChI is InChI=1S/C23H20N6O/c1-29(22-11-14-25-26-16-22)21-4-2-3-20(15-21)28-23(30)17-5-7-18(8-6-17)27-19-9-12-24-13-10-19/h2-16H,1H3,(H,24,27)(H,28,30). The fourth-order valence-corrected chi connectivity index (χ4v) is 2.93. The van der Waals surface area contributed by atoms with E-state index < -0.39 is 0 Å². The minimum absolute atomic E-state index is 0.171. The van der Waals surface area contributed by atoms with Crippen LogP contribution in [-0.2, 0) is 0 Å². The first kappa shape index (κ1) is 19.1. The zero-order valence-corrected chi connectivity index (χ0v) is 16.4. The minimum Gasteiger partial charge on any atom is -0.355 e. The second kappa shape index (κ2) is 8.83. The van der Waals surface area contributed by atoms with Crippen molar-refractivity contribution in [1.29, 1.82) is 0 Å². The number of aromatic nitrogens is 3. The highest BCUT2D eigenvalue weighted by atomic mass is 16.1. The predicted octanol–water partition coefficient (Wildman–Crippen LogP) is 4.64. The topological polar surface area (TPSA) is 83.0 Å². The van der Waals surface area contributed by atoms with E-state index in [0.29, 0.717) is 11.3 Å². The number of rotatable bonds is 6. The Bertz CT molecular complexity index is 1120. The first-order chi connectivity index (χ1) is 14.7. The molecule has 30 heavy (non-hydrogen) atoms. The predicted molar refractivity (Wildman–Crippen MR) is 118 cm³/mol. The van der Waals surface area contributed by atoms with Gasteiger partial charge < -0.3 is 15.5 Å². The number of nitrogens with zero attached hydrogens (tertiary/aromatic N) is 4. The Kier molecular flexibility index (Phi) is 5.61. The molecule has 0 radical (unpaired) electrons. The first-order valence-electron chi connectivity index (χ1n) is 9.38. The van der Waals surface area contributed by atoms with Crippen LogP contribution in [0.15, 0.2) is 91.5 Å². The van der Waals surface area contributed by atoms with Gasteiger partial charge in [0.2, 0.25) is 0 Å². The molecule has 1 amide bonds. The van der Waals surface area contributed by atoms with Crippen molar-refractivity contribution in [1.82, 2.24) is 15.2 Å². The molecule has 2 N–H and O–H groups in total. The summed E-state index contributed by atoms with van der Waals surface area (Å²) >= 11 is 0. The third kappa shape index (κ3) is 4.59. The lowest BCUT2D eigenvalue weighted by molar-refractivity contribution is 0.102. The molecule has 2 aromatic heterocycles. The molecule has 4 rings (SSSR count). The van der Waals surface area contributed by atoms with Gasteiger partial charge in [-0.3, -0.25) is 9.78 Å². The van der Waals surface area contributed by atoms with Gasteiger partial charge in [-0.2, -0.15) is 10.2 Å². The van der Waals surface area contributed by atoms with Gasteiger partial charge in [-0.1, -0.05) is 6.07 Å². The maximum absolute atomic E-state index is 12.7. The molecule has 2 heterocycles. The Morgan fingerprint density at radius 3 is 2.30 bits per heavy atom. The largest absolute Gasteiger partial charge is 0.355 e. The lowest BCUT2D eigenvalue weighted by Crippen LogP contribution is -2.13. The second-order valence-electron chi connectivity index (χ2n) is 6.60. The summed E-state index contributed by atoms with van der Waals surface area (Å²) in [7, 11) is 1.94. The maximum atomic E-state index is 12.7. The molecule has 7 heteroatoms. The molecule has 0 aliphatic heterocycles. The zero-order valence-electron chi connectivity index (χ0n) is 16.4. The minimum atomic E-state index is -0.171. The van der Waals surface area contributed by atoms with Crippen molar-refractivity contribution >= 4 is 34.3 Å². The Balaban J connectivity index is 1.44. The highest BCUT2D eigenvalue weighted by molar-refractivity contribution is 6.04. The summed E-state index contributed by atoms with van der Waals surface area (Å²) in [5, 5.41) is 13.9. The molecule has 0 saturated heterocycles. The Morgan fingerprint density at radius 2 is 1.57 bits per heavy atom. The van der Waals surface area contributed by atoms with Crippen molar-refractivity contribution in [3.8, 4) is 0 Å². The number of anilines is 5. The highest BCUT2D eigenvalue weighted by Crippen LogP contribution is 2.25. The summed E-state index contributed by atoms with van der Waals surface area (Å²) in [5.74, 6) is -0.171. The molecule has 4 aromatic rings. The van der Waals surface area contributed by atoms with E-state index in [4.69, 9.17) is 0 Å². The summed E-state index contributed by atoms with van der Waals surface area (Å²) in [5.41, 5.74) is 4.96. The molecule has 0 bridgehead atoms. The number of carbonyl (C=O) groups excluding carboxylic acids is 1. The van der Waals surface area contributed by atoms with Crippen molar-refractivity contribution in [2.75, 3.05) is 22.6 Å². The van der Waals surface area contributed by atoms with E-state index in [-0.39, 0.29) is 5.91 Å². The molecule has 148 valence electrons. The first-order valence-corrected chi connectivity index (χ1v) is 9.38. The van der Waals surface area contributed by atoms with Gasteiger partial charge in [0.1, 0.15) is 0 Å². The normalized spacial score (nSPS) is 10.3. The second-order valence-corrected chi connectivity index (χ2v) is 6.60. The van der Waals surface area contributed by atoms with Crippen molar-refractivity contribution < 1.29 is 4.79 Å². The molecular formula is C23H20N6O. The van der Waals surface area contributed by atoms with E-state index in [0.717, 1.165) is 22.7 Å². The molecule has 2 aromatic carbocycles. The quantitative estimate of drug-likeness (QED) is 0.494. The van der Waals surface area contributed by atoms with E-state index in [9.17, 15) is 4.79 Å². The maximum Gasteiger partial charge on any atom is 0.255 e. The smallest absolute Gasteiger partial charge is 0.255 e. The summed E-state index contributed by atoms with van der Waals surface area (Å²) < 4.78 is 0. The van der Waals surface area contributed by atoms with Gasteiger partial charge in [0, 0.05) is 47.8 Å². The van der Waals surface area contributed by atoms with E-state index in [1.54, 1.807) is 36.9 Å². The fraction of sp³-hybridized carbons (Fsp3) is 0.0435. The van der Waals surface area contributed by atoms with Crippen molar-refractivity contribution in [2.24, 2.45) is 0 Å². The molecule has 0 fully saturated rings. The molecule has 7 nitrogen and oxygen atoms in total. The Labute approximate surface area is 174 Å². The third-order valence-electron chi connectivity index (χ3n) is 4.56. The number of pyridine rings is 1. The van der Waals surface area contributed by atoms with Crippen LogP contribution in [-0.4, -0.2) is 28.1 Å². The number of nitrogens with one attached hydrogen (secondary N) is 2. The summed E-state index contributed by atoms with van der Waals surface area (Å²) in [6.45, 7) is 0. The van der Waals surface area contributed by atoms with Crippen LogP contribution in [0.3, 0.4) is 0 Å². The van der Waals surface area contributed by atoms with Crippen LogP contribution >= 0.6 is 0 Å². The summed E-state index contributed by atoms with van der Waals surface area (Å²) in [6, 6.07) is 20.6.